The first-order valence-electron chi connectivity index (χ1n) is 11.8. The maximum absolute atomic E-state index is 13.2. The van der Waals surface area contributed by atoms with Crippen molar-refractivity contribution in [3.8, 4) is 11.3 Å². The molecule has 4 heterocycles. The van der Waals surface area contributed by atoms with Crippen LogP contribution in [0.2, 0.25) is 0 Å². The van der Waals surface area contributed by atoms with E-state index in [4.69, 9.17) is 14.1 Å². The lowest BCUT2D eigenvalue weighted by Crippen LogP contribution is -2.20. The van der Waals surface area contributed by atoms with Crippen molar-refractivity contribution in [1.29, 1.82) is 0 Å². The van der Waals surface area contributed by atoms with Gasteiger partial charge in [-0.2, -0.15) is 5.10 Å². The molecule has 9 heteroatoms. The van der Waals surface area contributed by atoms with Crippen molar-refractivity contribution in [2.75, 3.05) is 11.9 Å². The van der Waals surface area contributed by atoms with Crippen molar-refractivity contribution in [3.05, 3.63) is 64.7 Å². The first-order chi connectivity index (χ1) is 17.2. The Morgan fingerprint density at radius 1 is 1.17 bits per heavy atom. The fourth-order valence-electron chi connectivity index (χ4n) is 4.44. The first kappa shape index (κ1) is 23.5. The van der Waals surface area contributed by atoms with Gasteiger partial charge >= 0.3 is 5.97 Å². The minimum Gasteiger partial charge on any atom is -0.466 e. The number of Topliss-reactive ketones (excluding diaryl/α,β-unsaturated/α-hetero) is 1. The van der Waals surface area contributed by atoms with Crippen molar-refractivity contribution >= 4 is 34.4 Å². The van der Waals surface area contributed by atoms with Gasteiger partial charge in [0.2, 0.25) is 5.91 Å². The third-order valence-electron chi connectivity index (χ3n) is 6.25. The highest BCUT2D eigenvalue weighted by Gasteiger charge is 2.23. The third kappa shape index (κ3) is 4.28. The number of ether oxygens (including phenoxy) is 1. The van der Waals surface area contributed by atoms with E-state index in [1.807, 2.05) is 33.8 Å². The summed E-state index contributed by atoms with van der Waals surface area (Å²) in [6.07, 6.45) is 2.53. The van der Waals surface area contributed by atoms with Crippen LogP contribution in [-0.2, 0) is 16.0 Å². The van der Waals surface area contributed by atoms with Crippen LogP contribution in [0.15, 0.2) is 40.9 Å². The number of aryl methyl sites for hydroxylation is 3. The zero-order valence-electron chi connectivity index (χ0n) is 20.5. The van der Waals surface area contributed by atoms with Crippen molar-refractivity contribution in [2.24, 2.45) is 0 Å². The molecular weight excluding hydrogens is 460 g/mol. The lowest BCUT2D eigenvalue weighted by atomic mass is 9.99. The molecule has 0 unspecified atom stereocenters. The number of aromatic nitrogens is 3. The van der Waals surface area contributed by atoms with Crippen molar-refractivity contribution in [3.63, 3.8) is 0 Å². The first-order valence-corrected chi connectivity index (χ1v) is 11.8. The van der Waals surface area contributed by atoms with Crippen LogP contribution in [0.25, 0.3) is 22.3 Å². The maximum Gasteiger partial charge on any atom is 0.339 e. The average Bonchev–Trinajstić information content (AvgIpc) is 3.43. The second-order valence-corrected chi connectivity index (χ2v) is 9.22. The molecule has 184 valence electrons. The molecule has 5 rings (SSSR count). The zero-order chi connectivity index (χ0) is 25.6. The van der Waals surface area contributed by atoms with Crippen LogP contribution in [0.4, 0.5) is 5.69 Å². The monoisotopic (exact) mass is 486 g/mol. The number of carbonyl (C=O) groups excluding carboxylic acids is 3. The molecule has 0 aliphatic carbocycles. The normalized spacial score (nSPS) is 13.1. The number of nitrogens with zero attached hydrogens (tertiary/aromatic N) is 3. The fourth-order valence-corrected chi connectivity index (χ4v) is 4.44. The molecule has 0 fully saturated rings. The fraction of sp³-hybridized carbons (Fsp3) is 0.296. The second kappa shape index (κ2) is 9.07. The van der Waals surface area contributed by atoms with E-state index in [1.165, 1.54) is 0 Å². The number of rotatable bonds is 6. The Morgan fingerprint density at radius 3 is 2.69 bits per heavy atom. The molecule has 0 spiro atoms. The number of benzene rings is 1. The van der Waals surface area contributed by atoms with Crippen molar-refractivity contribution < 1.29 is 23.5 Å². The van der Waals surface area contributed by atoms with Crippen LogP contribution in [0.1, 0.15) is 64.1 Å². The summed E-state index contributed by atoms with van der Waals surface area (Å²) in [5.41, 5.74) is 4.19. The molecule has 1 N–H and O–H groups in total. The van der Waals surface area contributed by atoms with E-state index in [0.717, 1.165) is 16.9 Å². The van der Waals surface area contributed by atoms with Gasteiger partial charge in [0.15, 0.2) is 18.0 Å². The van der Waals surface area contributed by atoms with Crippen LogP contribution >= 0.6 is 0 Å². The largest absolute Gasteiger partial charge is 0.466 e. The summed E-state index contributed by atoms with van der Waals surface area (Å²) < 4.78 is 12.9. The van der Waals surface area contributed by atoms with Gasteiger partial charge in [0.05, 0.1) is 22.8 Å². The summed E-state index contributed by atoms with van der Waals surface area (Å²) >= 11 is 0. The topological polar surface area (TPSA) is 116 Å². The quantitative estimate of drug-likeness (QED) is 0.307. The van der Waals surface area contributed by atoms with Gasteiger partial charge in [-0.3, -0.25) is 9.59 Å². The molecule has 0 atom stereocenters. The number of furan rings is 1. The standard InChI is InChI=1S/C27H26N4O5/c1-14(2)31-26-21(12-28-31)20(11-23(30-26)19-9-15(3)36-16(19)4)27(34)35-13-24(32)18-5-7-22-17(10-18)6-8-25(33)29-22/h5,7,9-12,14H,6,8,13H2,1-4H3,(H,29,33). The summed E-state index contributed by atoms with van der Waals surface area (Å²) in [5.74, 6) is 0.422. The van der Waals surface area contributed by atoms with E-state index in [0.29, 0.717) is 46.6 Å². The summed E-state index contributed by atoms with van der Waals surface area (Å²) in [7, 11) is 0. The number of amides is 1. The van der Waals surface area contributed by atoms with Gasteiger partial charge in [-0.1, -0.05) is 0 Å². The number of pyridine rings is 1. The maximum atomic E-state index is 13.2. The molecule has 0 saturated heterocycles. The van der Waals surface area contributed by atoms with Crippen molar-refractivity contribution in [2.45, 2.75) is 46.6 Å². The van der Waals surface area contributed by atoms with Gasteiger partial charge in [0, 0.05) is 29.3 Å². The molecule has 0 bridgehead atoms. The number of anilines is 1. The molecule has 0 radical (unpaired) electrons. The van der Waals surface area contributed by atoms with Gasteiger partial charge in [0.1, 0.15) is 11.5 Å². The van der Waals surface area contributed by atoms with Gasteiger partial charge in [-0.25, -0.2) is 14.5 Å². The Labute approximate surface area is 207 Å². The highest BCUT2D eigenvalue weighted by atomic mass is 16.5. The zero-order valence-corrected chi connectivity index (χ0v) is 20.5. The van der Waals surface area contributed by atoms with Crippen molar-refractivity contribution in [1.82, 2.24) is 14.8 Å². The van der Waals surface area contributed by atoms with E-state index in [1.54, 1.807) is 35.1 Å². The van der Waals surface area contributed by atoms with E-state index in [2.05, 4.69) is 10.4 Å². The van der Waals surface area contributed by atoms with Crippen LogP contribution in [0, 0.1) is 13.8 Å². The molecule has 4 aromatic rings. The Kier molecular flexibility index (Phi) is 5.91. The SMILES string of the molecule is Cc1cc(-c2cc(C(=O)OCC(=O)c3ccc4c(c3)CCC(=O)N4)c3cnn(C(C)C)c3n2)c(C)o1. The number of hydrogen-bond donors (Lipinski definition) is 1. The van der Waals surface area contributed by atoms with E-state index in [9.17, 15) is 14.4 Å². The number of fused-ring (bicyclic) bond motifs is 2. The summed E-state index contributed by atoms with van der Waals surface area (Å²) in [6.45, 7) is 7.24. The molecule has 36 heavy (non-hydrogen) atoms. The number of esters is 1. The third-order valence-corrected chi connectivity index (χ3v) is 6.25. The minimum atomic E-state index is -0.636. The average molecular weight is 487 g/mol. The summed E-state index contributed by atoms with van der Waals surface area (Å²) in [4.78, 5) is 42.4. The molecule has 0 saturated carbocycles. The Balaban J connectivity index is 1.43. The number of carbonyl (C=O) groups is 3. The lowest BCUT2D eigenvalue weighted by molar-refractivity contribution is -0.116. The predicted octanol–water partition coefficient (Wildman–Crippen LogP) is 4.81. The van der Waals surface area contributed by atoms with Gasteiger partial charge < -0.3 is 14.5 Å². The molecule has 3 aromatic heterocycles. The molecule has 9 nitrogen and oxygen atoms in total. The Hall–Kier alpha value is -4.27. The number of nitrogens with one attached hydrogen (secondary N) is 1. The predicted molar refractivity (Wildman–Crippen MR) is 133 cm³/mol. The van der Waals surface area contributed by atoms with Crippen LogP contribution in [-0.4, -0.2) is 39.0 Å². The smallest absolute Gasteiger partial charge is 0.339 e. The lowest BCUT2D eigenvalue weighted by Gasteiger charge is -2.17. The van der Waals surface area contributed by atoms with Gasteiger partial charge in [0.25, 0.3) is 0 Å². The Morgan fingerprint density at radius 2 is 1.97 bits per heavy atom. The highest BCUT2D eigenvalue weighted by Crippen LogP contribution is 2.30. The second-order valence-electron chi connectivity index (χ2n) is 9.22. The minimum absolute atomic E-state index is 0.0247. The molecule has 1 aromatic carbocycles. The number of ketones is 1. The number of hydrogen-bond acceptors (Lipinski definition) is 7. The van der Waals surface area contributed by atoms with Crippen LogP contribution in [0.5, 0.6) is 0 Å². The Bertz CT molecular complexity index is 1530. The summed E-state index contributed by atoms with van der Waals surface area (Å²) in [5, 5.41) is 7.76. The molecule has 1 amide bonds. The molecule has 1 aliphatic rings. The molecular formula is C27H26N4O5. The van der Waals surface area contributed by atoms with Crippen LogP contribution in [0.3, 0.4) is 0 Å². The van der Waals surface area contributed by atoms with E-state index in [-0.39, 0.29) is 23.3 Å². The highest BCUT2D eigenvalue weighted by molar-refractivity contribution is 6.06. The van der Waals surface area contributed by atoms with Crippen LogP contribution < -0.4 is 5.32 Å². The van der Waals surface area contributed by atoms with E-state index < -0.39 is 12.6 Å². The molecule has 1 aliphatic heterocycles. The van der Waals surface area contributed by atoms with Gasteiger partial charge in [-0.15, -0.1) is 0 Å². The van der Waals surface area contributed by atoms with E-state index >= 15 is 0 Å². The summed E-state index contributed by atoms with van der Waals surface area (Å²) in [6, 6.07) is 8.62. The van der Waals surface area contributed by atoms with Gasteiger partial charge in [-0.05, 0) is 70.0 Å².